The van der Waals surface area contributed by atoms with E-state index in [1.54, 1.807) is 0 Å². The average Bonchev–Trinajstić information content (AvgIpc) is 2.47. The van der Waals surface area contributed by atoms with Crippen molar-refractivity contribution in [1.82, 2.24) is 15.2 Å². The maximum Gasteiger partial charge on any atom is 0.176 e. The van der Waals surface area contributed by atoms with Gasteiger partial charge >= 0.3 is 0 Å². The molecule has 1 aromatic carbocycles. The number of hydrogen-bond donors (Lipinski definition) is 1. The minimum Gasteiger partial charge on any atom is -0.314 e. The number of ketones is 1. The molecule has 2 aromatic rings. The van der Waals surface area contributed by atoms with E-state index >= 15 is 0 Å². The predicted octanol–water partition coefficient (Wildman–Crippen LogP) is 1.63. The van der Waals surface area contributed by atoms with Crippen LogP contribution in [0.15, 0.2) is 30.3 Å². The maximum atomic E-state index is 12.3. The average molecular weight is 269 g/mol. The Bertz CT molecular complexity index is 633. The van der Waals surface area contributed by atoms with Gasteiger partial charge in [-0.3, -0.25) is 14.7 Å². The predicted molar refractivity (Wildman–Crippen MR) is 80.1 cm³/mol. The second kappa shape index (κ2) is 5.69. The molecular weight excluding hydrogens is 250 g/mol. The van der Waals surface area contributed by atoms with Crippen molar-refractivity contribution >= 4 is 16.7 Å². The highest BCUT2D eigenvalue weighted by atomic mass is 16.1. The van der Waals surface area contributed by atoms with E-state index in [1.165, 1.54) is 0 Å². The summed E-state index contributed by atoms with van der Waals surface area (Å²) in [5, 5.41) is 4.33. The van der Waals surface area contributed by atoms with E-state index in [0.717, 1.165) is 48.3 Å². The van der Waals surface area contributed by atoms with Crippen molar-refractivity contribution in [3.8, 4) is 0 Å². The topological polar surface area (TPSA) is 45.2 Å². The number of piperazine rings is 1. The minimum absolute atomic E-state index is 0.189. The number of pyridine rings is 1. The second-order valence-corrected chi connectivity index (χ2v) is 5.31. The quantitative estimate of drug-likeness (QED) is 0.860. The van der Waals surface area contributed by atoms with Gasteiger partial charge in [0.25, 0.3) is 0 Å². The molecule has 1 fully saturated rings. The number of carbonyl (C=O) groups is 1. The third-order valence-corrected chi connectivity index (χ3v) is 3.73. The first-order valence-electron chi connectivity index (χ1n) is 7.06. The van der Waals surface area contributed by atoms with Crippen molar-refractivity contribution in [2.24, 2.45) is 0 Å². The van der Waals surface area contributed by atoms with Crippen LogP contribution in [0, 0.1) is 6.92 Å². The van der Waals surface area contributed by atoms with E-state index in [4.69, 9.17) is 0 Å². The lowest BCUT2D eigenvalue weighted by atomic mass is 10.1. The molecule has 3 rings (SSSR count). The summed E-state index contributed by atoms with van der Waals surface area (Å²) in [6.07, 6.45) is 0. The van der Waals surface area contributed by atoms with Crippen molar-refractivity contribution in [3.63, 3.8) is 0 Å². The molecule has 0 aliphatic carbocycles. The van der Waals surface area contributed by atoms with Gasteiger partial charge in [0.15, 0.2) is 5.78 Å². The van der Waals surface area contributed by atoms with Gasteiger partial charge in [0.05, 0.1) is 12.1 Å². The van der Waals surface area contributed by atoms with Crippen LogP contribution in [0.2, 0.25) is 0 Å². The fourth-order valence-corrected chi connectivity index (χ4v) is 2.56. The van der Waals surface area contributed by atoms with Gasteiger partial charge in [0.1, 0.15) is 0 Å². The van der Waals surface area contributed by atoms with Crippen LogP contribution in [0.5, 0.6) is 0 Å². The van der Waals surface area contributed by atoms with Crippen molar-refractivity contribution < 1.29 is 4.79 Å². The summed E-state index contributed by atoms with van der Waals surface area (Å²) in [5.41, 5.74) is 2.72. The maximum absolute atomic E-state index is 12.3. The fourth-order valence-electron chi connectivity index (χ4n) is 2.56. The number of Topliss-reactive ketones (excluding diaryl/α,β-unsaturated/α-hetero) is 1. The third-order valence-electron chi connectivity index (χ3n) is 3.73. The number of rotatable bonds is 3. The Hall–Kier alpha value is -1.78. The van der Waals surface area contributed by atoms with E-state index < -0.39 is 0 Å². The summed E-state index contributed by atoms with van der Waals surface area (Å²) in [4.78, 5) is 19.0. The standard InChI is InChI=1S/C16H19N3O/c1-12-2-3-13-10-14(4-5-15(13)18-12)16(20)11-19-8-6-17-7-9-19/h2-5,10,17H,6-9,11H2,1H3. The molecule has 0 unspecified atom stereocenters. The number of carbonyl (C=O) groups excluding carboxylic acids is 1. The summed E-state index contributed by atoms with van der Waals surface area (Å²) in [6, 6.07) is 9.78. The SMILES string of the molecule is Cc1ccc2cc(C(=O)CN3CCNCC3)ccc2n1. The van der Waals surface area contributed by atoms with Gasteiger partial charge in [0.2, 0.25) is 0 Å². The summed E-state index contributed by atoms with van der Waals surface area (Å²) in [6.45, 7) is 6.30. The molecule has 2 heterocycles. The molecule has 4 heteroatoms. The number of benzene rings is 1. The smallest absolute Gasteiger partial charge is 0.176 e. The normalized spacial score (nSPS) is 16.4. The molecule has 0 atom stereocenters. The van der Waals surface area contributed by atoms with E-state index in [2.05, 4.69) is 15.2 Å². The molecule has 1 saturated heterocycles. The minimum atomic E-state index is 0.189. The van der Waals surface area contributed by atoms with Crippen molar-refractivity contribution in [1.29, 1.82) is 0 Å². The van der Waals surface area contributed by atoms with Crippen LogP contribution in [0.3, 0.4) is 0 Å². The van der Waals surface area contributed by atoms with Gasteiger partial charge < -0.3 is 5.32 Å². The lowest BCUT2D eigenvalue weighted by Gasteiger charge is -2.26. The zero-order valence-electron chi connectivity index (χ0n) is 11.7. The van der Waals surface area contributed by atoms with Crippen LogP contribution in [-0.2, 0) is 0 Å². The van der Waals surface area contributed by atoms with Crippen LogP contribution in [0.1, 0.15) is 16.1 Å². The number of nitrogens with one attached hydrogen (secondary N) is 1. The second-order valence-electron chi connectivity index (χ2n) is 5.31. The Balaban J connectivity index is 1.78. The van der Waals surface area contributed by atoms with Crippen LogP contribution in [0.25, 0.3) is 10.9 Å². The van der Waals surface area contributed by atoms with Gasteiger partial charge in [-0.1, -0.05) is 6.07 Å². The zero-order chi connectivity index (χ0) is 13.9. The van der Waals surface area contributed by atoms with Crippen LogP contribution < -0.4 is 5.32 Å². The highest BCUT2D eigenvalue weighted by Crippen LogP contribution is 2.15. The van der Waals surface area contributed by atoms with Gasteiger partial charge in [-0.2, -0.15) is 0 Å². The van der Waals surface area contributed by atoms with Gasteiger partial charge in [-0.25, -0.2) is 0 Å². The molecule has 4 nitrogen and oxygen atoms in total. The van der Waals surface area contributed by atoms with Crippen molar-refractivity contribution in [3.05, 3.63) is 41.6 Å². The van der Waals surface area contributed by atoms with E-state index in [9.17, 15) is 4.79 Å². The van der Waals surface area contributed by atoms with E-state index in [1.807, 2.05) is 37.3 Å². The molecule has 1 aliphatic rings. The molecule has 0 spiro atoms. The van der Waals surface area contributed by atoms with Gasteiger partial charge in [-0.15, -0.1) is 0 Å². The molecule has 1 N–H and O–H groups in total. The number of aryl methyl sites for hydroxylation is 1. The summed E-state index contributed by atoms with van der Waals surface area (Å²) in [5.74, 6) is 0.189. The Labute approximate surface area is 118 Å². The fraction of sp³-hybridized carbons (Fsp3) is 0.375. The first-order chi connectivity index (χ1) is 9.72. The Morgan fingerprint density at radius 3 is 2.85 bits per heavy atom. The number of hydrogen-bond acceptors (Lipinski definition) is 4. The molecule has 0 saturated carbocycles. The number of nitrogens with zero attached hydrogens (tertiary/aromatic N) is 2. The zero-order valence-corrected chi connectivity index (χ0v) is 11.7. The monoisotopic (exact) mass is 269 g/mol. The summed E-state index contributed by atoms with van der Waals surface area (Å²) in [7, 11) is 0. The molecule has 104 valence electrons. The molecule has 20 heavy (non-hydrogen) atoms. The molecule has 1 aromatic heterocycles. The van der Waals surface area contributed by atoms with Gasteiger partial charge in [-0.05, 0) is 31.2 Å². The van der Waals surface area contributed by atoms with E-state index in [0.29, 0.717) is 6.54 Å². The Kier molecular flexibility index (Phi) is 3.76. The van der Waals surface area contributed by atoms with Gasteiger partial charge in [0, 0.05) is 42.8 Å². The highest BCUT2D eigenvalue weighted by molar-refractivity contribution is 6.00. The third kappa shape index (κ3) is 2.86. The number of aromatic nitrogens is 1. The summed E-state index contributed by atoms with van der Waals surface area (Å²) >= 11 is 0. The van der Waals surface area contributed by atoms with Crippen LogP contribution >= 0.6 is 0 Å². The first-order valence-corrected chi connectivity index (χ1v) is 7.06. The molecule has 1 aliphatic heterocycles. The highest BCUT2D eigenvalue weighted by Gasteiger charge is 2.15. The first kappa shape index (κ1) is 13.2. The molecule has 0 amide bonds. The summed E-state index contributed by atoms with van der Waals surface area (Å²) < 4.78 is 0. The molecule has 0 radical (unpaired) electrons. The lowest BCUT2D eigenvalue weighted by Crippen LogP contribution is -2.45. The largest absolute Gasteiger partial charge is 0.314 e. The molecular formula is C16H19N3O. The van der Waals surface area contributed by atoms with Crippen LogP contribution in [0.4, 0.5) is 0 Å². The van der Waals surface area contributed by atoms with Crippen LogP contribution in [-0.4, -0.2) is 48.4 Å². The molecule has 0 bridgehead atoms. The number of fused-ring (bicyclic) bond motifs is 1. The van der Waals surface area contributed by atoms with Crippen molar-refractivity contribution in [2.45, 2.75) is 6.92 Å². The Morgan fingerprint density at radius 1 is 1.25 bits per heavy atom. The Morgan fingerprint density at radius 2 is 2.05 bits per heavy atom. The lowest BCUT2D eigenvalue weighted by molar-refractivity contribution is 0.0921. The van der Waals surface area contributed by atoms with Crippen molar-refractivity contribution in [2.75, 3.05) is 32.7 Å². The van der Waals surface area contributed by atoms with E-state index in [-0.39, 0.29) is 5.78 Å².